The number of Topliss-reactive ketones (excluding diaryl/α,β-unsaturated/α-hetero) is 1. The molecular formula is C33H24O6. The van der Waals surface area contributed by atoms with Crippen LogP contribution in [0.2, 0.25) is 0 Å². The Morgan fingerprint density at radius 1 is 0.897 bits per heavy atom. The molecule has 0 atom stereocenters. The minimum Gasteiger partial charge on any atom is -0.497 e. The summed E-state index contributed by atoms with van der Waals surface area (Å²) >= 11 is 0. The quantitative estimate of drug-likeness (QED) is 0.132. The summed E-state index contributed by atoms with van der Waals surface area (Å²) in [5.41, 5.74) is 4.05. The highest BCUT2D eigenvalue weighted by Crippen LogP contribution is 2.38. The van der Waals surface area contributed by atoms with Crippen molar-refractivity contribution in [1.29, 1.82) is 0 Å². The number of ketones is 1. The molecule has 1 aromatic heterocycles. The third-order valence-corrected chi connectivity index (χ3v) is 6.67. The van der Waals surface area contributed by atoms with Gasteiger partial charge >= 0.3 is 5.97 Å². The van der Waals surface area contributed by atoms with Crippen LogP contribution in [0.4, 0.5) is 0 Å². The molecule has 39 heavy (non-hydrogen) atoms. The van der Waals surface area contributed by atoms with E-state index in [2.05, 4.69) is 6.92 Å². The third kappa shape index (κ3) is 4.57. The molecule has 0 saturated heterocycles. The van der Waals surface area contributed by atoms with Crippen molar-refractivity contribution >= 4 is 28.8 Å². The van der Waals surface area contributed by atoms with E-state index in [9.17, 15) is 9.59 Å². The van der Waals surface area contributed by atoms with Gasteiger partial charge in [0.15, 0.2) is 5.76 Å². The number of hydrogen-bond acceptors (Lipinski definition) is 6. The van der Waals surface area contributed by atoms with Gasteiger partial charge in [0.1, 0.15) is 34.2 Å². The van der Waals surface area contributed by atoms with Gasteiger partial charge in [-0.2, -0.15) is 0 Å². The summed E-state index contributed by atoms with van der Waals surface area (Å²) in [6.45, 7) is 2.09. The molecule has 0 unspecified atom stereocenters. The van der Waals surface area contributed by atoms with Gasteiger partial charge in [0.05, 0.1) is 12.7 Å². The van der Waals surface area contributed by atoms with Crippen LogP contribution in [0.15, 0.2) is 101 Å². The van der Waals surface area contributed by atoms with Gasteiger partial charge in [0.25, 0.3) is 0 Å². The molecule has 192 valence electrons. The summed E-state index contributed by atoms with van der Waals surface area (Å²) in [4.78, 5) is 26.5. The molecule has 0 amide bonds. The van der Waals surface area contributed by atoms with Crippen molar-refractivity contribution in [1.82, 2.24) is 0 Å². The summed E-state index contributed by atoms with van der Waals surface area (Å²) in [6, 6.07) is 27.3. The number of esters is 1. The maximum absolute atomic E-state index is 13.6. The van der Waals surface area contributed by atoms with Crippen LogP contribution in [0.25, 0.3) is 28.4 Å². The van der Waals surface area contributed by atoms with E-state index in [4.69, 9.17) is 18.6 Å². The van der Waals surface area contributed by atoms with Crippen LogP contribution in [-0.4, -0.2) is 18.9 Å². The van der Waals surface area contributed by atoms with Crippen LogP contribution in [0.5, 0.6) is 17.2 Å². The van der Waals surface area contributed by atoms with Crippen LogP contribution in [-0.2, 0) is 6.42 Å². The molecule has 0 spiro atoms. The second-order valence-electron chi connectivity index (χ2n) is 9.12. The van der Waals surface area contributed by atoms with Gasteiger partial charge < -0.3 is 18.6 Å². The van der Waals surface area contributed by atoms with Crippen LogP contribution in [0.3, 0.4) is 0 Å². The lowest BCUT2D eigenvalue weighted by Gasteiger charge is -2.07. The largest absolute Gasteiger partial charge is 0.497 e. The van der Waals surface area contributed by atoms with Crippen molar-refractivity contribution in [3.8, 4) is 28.6 Å². The summed E-state index contributed by atoms with van der Waals surface area (Å²) in [5, 5.41) is 0.574. The monoisotopic (exact) mass is 516 g/mol. The Bertz CT molecular complexity index is 1740. The first-order valence-corrected chi connectivity index (χ1v) is 12.6. The van der Waals surface area contributed by atoms with Crippen molar-refractivity contribution in [3.63, 3.8) is 0 Å². The average Bonchev–Trinajstić information content (AvgIpc) is 3.50. The van der Waals surface area contributed by atoms with E-state index < -0.39 is 5.97 Å². The number of rotatable bonds is 6. The zero-order chi connectivity index (χ0) is 26.9. The van der Waals surface area contributed by atoms with Crippen molar-refractivity contribution in [2.24, 2.45) is 0 Å². The van der Waals surface area contributed by atoms with E-state index in [1.54, 1.807) is 49.6 Å². The Labute approximate surface area is 225 Å². The highest BCUT2D eigenvalue weighted by Gasteiger charge is 2.29. The molecule has 0 N–H and O–H groups in total. The molecule has 0 saturated carbocycles. The van der Waals surface area contributed by atoms with Gasteiger partial charge in [0, 0.05) is 17.0 Å². The fourth-order valence-corrected chi connectivity index (χ4v) is 4.59. The van der Waals surface area contributed by atoms with Gasteiger partial charge in [-0.15, -0.1) is 0 Å². The topological polar surface area (TPSA) is 75.0 Å². The number of furan rings is 1. The molecule has 6 rings (SSSR count). The fraction of sp³-hybridized carbons (Fsp3) is 0.0909. The number of aryl methyl sites for hydroxylation is 1. The van der Waals surface area contributed by atoms with Crippen molar-refractivity contribution < 1.29 is 28.2 Å². The minimum absolute atomic E-state index is 0.219. The van der Waals surface area contributed by atoms with Crippen molar-refractivity contribution in [3.05, 3.63) is 119 Å². The lowest BCUT2D eigenvalue weighted by Crippen LogP contribution is -2.09. The Hall–Kier alpha value is -5.10. The molecule has 5 aromatic rings. The zero-order valence-electron chi connectivity index (χ0n) is 21.4. The smallest absolute Gasteiger partial charge is 0.348 e. The molecule has 6 heteroatoms. The predicted octanol–water partition coefficient (Wildman–Crippen LogP) is 7.51. The van der Waals surface area contributed by atoms with E-state index >= 15 is 0 Å². The highest BCUT2D eigenvalue weighted by atomic mass is 16.5. The highest BCUT2D eigenvalue weighted by molar-refractivity contribution is 6.15. The number of carbonyl (C=O) groups excluding carboxylic acids is 2. The van der Waals surface area contributed by atoms with Gasteiger partial charge in [-0.3, -0.25) is 4.79 Å². The number of hydrogen-bond donors (Lipinski definition) is 0. The molecule has 4 aromatic carbocycles. The first-order valence-electron chi connectivity index (χ1n) is 12.6. The molecule has 0 aliphatic carbocycles. The lowest BCUT2D eigenvalue weighted by molar-refractivity contribution is 0.0736. The van der Waals surface area contributed by atoms with Gasteiger partial charge in [-0.25, -0.2) is 4.79 Å². The minimum atomic E-state index is -0.600. The van der Waals surface area contributed by atoms with Gasteiger partial charge in [-0.1, -0.05) is 61.5 Å². The van der Waals surface area contributed by atoms with Crippen LogP contribution < -0.4 is 14.2 Å². The lowest BCUT2D eigenvalue weighted by atomic mass is 10.1. The number of benzene rings is 4. The molecular weight excluding hydrogens is 492 g/mol. The Morgan fingerprint density at radius 2 is 1.67 bits per heavy atom. The summed E-state index contributed by atoms with van der Waals surface area (Å²) in [6.07, 6.45) is 2.65. The van der Waals surface area contributed by atoms with Crippen LogP contribution in [0, 0.1) is 0 Å². The summed E-state index contributed by atoms with van der Waals surface area (Å²) < 4.78 is 23.1. The van der Waals surface area contributed by atoms with E-state index in [0.717, 1.165) is 17.5 Å². The predicted molar refractivity (Wildman–Crippen MR) is 148 cm³/mol. The Balaban J connectivity index is 1.31. The summed E-state index contributed by atoms with van der Waals surface area (Å²) in [7, 11) is 1.56. The number of ether oxygens (including phenoxy) is 3. The van der Waals surface area contributed by atoms with Crippen molar-refractivity contribution in [2.45, 2.75) is 13.3 Å². The molecule has 0 radical (unpaired) electrons. The normalized spacial score (nSPS) is 13.4. The number of carbonyl (C=O) groups is 2. The molecule has 0 bridgehead atoms. The third-order valence-electron chi connectivity index (χ3n) is 6.67. The molecule has 1 aliphatic heterocycles. The molecule has 2 heterocycles. The Morgan fingerprint density at radius 3 is 2.41 bits per heavy atom. The first kappa shape index (κ1) is 24.2. The van der Waals surface area contributed by atoms with E-state index in [-0.39, 0.29) is 22.9 Å². The second-order valence-corrected chi connectivity index (χ2v) is 9.12. The second kappa shape index (κ2) is 9.99. The van der Waals surface area contributed by atoms with E-state index in [1.165, 1.54) is 5.56 Å². The number of methoxy groups -OCH3 is 1. The maximum Gasteiger partial charge on any atom is 0.348 e. The van der Waals surface area contributed by atoms with E-state index in [1.807, 2.05) is 54.6 Å². The average molecular weight is 517 g/mol. The number of fused-ring (bicyclic) bond motifs is 2. The molecule has 1 aliphatic rings. The Kier molecular flexibility index (Phi) is 6.21. The first-order chi connectivity index (χ1) is 19.0. The fourth-order valence-electron chi connectivity index (χ4n) is 4.59. The summed E-state index contributed by atoms with van der Waals surface area (Å²) in [5.74, 6) is 0.969. The molecule has 0 fully saturated rings. The molecule has 6 nitrogen and oxygen atoms in total. The zero-order valence-corrected chi connectivity index (χ0v) is 21.4. The van der Waals surface area contributed by atoms with Crippen molar-refractivity contribution in [2.75, 3.05) is 7.11 Å². The van der Waals surface area contributed by atoms with Gasteiger partial charge in [-0.05, 0) is 54.0 Å². The van der Waals surface area contributed by atoms with Crippen LogP contribution >= 0.6 is 0 Å². The van der Waals surface area contributed by atoms with Crippen LogP contribution in [0.1, 0.15) is 38.8 Å². The standard InChI is InChI=1S/C33H24O6/c1-3-20-9-11-21(12-10-20)17-29-31(34)25-15-13-24(19-28(25)38-29)37-33(35)30-26-18-23(36-2)14-16-27(26)39-32(30)22-7-5-4-6-8-22/h4-19H,3H2,1-2H3/b29-17-. The van der Waals surface area contributed by atoms with Gasteiger partial charge in [0.2, 0.25) is 5.78 Å². The maximum atomic E-state index is 13.6. The SMILES string of the molecule is CCc1ccc(/C=C2\Oc3cc(OC(=O)c4c(-c5ccccc5)oc5ccc(OC)cc45)ccc3C2=O)cc1. The number of allylic oxidation sites excluding steroid dienone is 1. The van der Waals surface area contributed by atoms with E-state index in [0.29, 0.717) is 33.8 Å².